The summed E-state index contributed by atoms with van der Waals surface area (Å²) in [6.07, 6.45) is 2.87. The van der Waals surface area contributed by atoms with Crippen LogP contribution in [0.3, 0.4) is 0 Å². The van der Waals surface area contributed by atoms with Crippen molar-refractivity contribution >= 4 is 11.7 Å². The Morgan fingerprint density at radius 2 is 2.28 bits per heavy atom. The Labute approximate surface area is 105 Å². The highest BCUT2D eigenvalue weighted by Crippen LogP contribution is 2.20. The van der Waals surface area contributed by atoms with Crippen LogP contribution in [0.4, 0.5) is 10.1 Å². The van der Waals surface area contributed by atoms with Gasteiger partial charge in [-0.3, -0.25) is 0 Å². The summed E-state index contributed by atoms with van der Waals surface area (Å²) in [6.45, 7) is 2.39. The normalized spacial score (nSPS) is 10.4. The van der Waals surface area contributed by atoms with Gasteiger partial charge in [0, 0.05) is 18.7 Å². The number of esters is 1. The predicted octanol–water partition coefficient (Wildman–Crippen LogP) is 2.37. The third-order valence-corrected chi connectivity index (χ3v) is 2.12. The number of carbonyl (C=O) groups is 1. The molecule has 0 fully saturated rings. The summed E-state index contributed by atoms with van der Waals surface area (Å²) in [5, 5.41) is 2.84. The van der Waals surface area contributed by atoms with E-state index in [4.69, 9.17) is 9.47 Å². The van der Waals surface area contributed by atoms with Gasteiger partial charge >= 0.3 is 5.97 Å². The summed E-state index contributed by atoms with van der Waals surface area (Å²) in [4.78, 5) is 11.0. The molecule has 4 nitrogen and oxygen atoms in total. The second kappa shape index (κ2) is 7.32. The lowest BCUT2D eigenvalue weighted by molar-refractivity contribution is -0.137. The molecule has 1 aromatic rings. The third-order valence-electron chi connectivity index (χ3n) is 2.12. The second-order valence-electron chi connectivity index (χ2n) is 3.38. The fraction of sp³-hybridized carbons (Fsp3) is 0.308. The number of hydrogen-bond donors (Lipinski definition) is 1. The van der Waals surface area contributed by atoms with Crippen molar-refractivity contribution in [2.24, 2.45) is 0 Å². The van der Waals surface area contributed by atoms with Gasteiger partial charge in [-0.05, 0) is 19.1 Å². The number of benzene rings is 1. The van der Waals surface area contributed by atoms with Crippen LogP contribution in [0.2, 0.25) is 0 Å². The summed E-state index contributed by atoms with van der Waals surface area (Å²) < 4.78 is 23.1. The molecule has 0 aromatic heterocycles. The van der Waals surface area contributed by atoms with Crippen molar-refractivity contribution in [2.75, 3.05) is 25.6 Å². The van der Waals surface area contributed by atoms with Gasteiger partial charge in [-0.25, -0.2) is 9.18 Å². The molecular formula is C13H16FNO3. The zero-order valence-electron chi connectivity index (χ0n) is 10.4. The maximum absolute atomic E-state index is 13.4. The van der Waals surface area contributed by atoms with Crippen molar-refractivity contribution < 1.29 is 18.7 Å². The van der Waals surface area contributed by atoms with Gasteiger partial charge in [0.25, 0.3) is 0 Å². The molecule has 0 radical (unpaired) electrons. The third kappa shape index (κ3) is 4.45. The second-order valence-corrected chi connectivity index (χ2v) is 3.38. The average molecular weight is 253 g/mol. The molecule has 0 aliphatic rings. The van der Waals surface area contributed by atoms with Gasteiger partial charge in [0.2, 0.25) is 0 Å². The predicted molar refractivity (Wildman–Crippen MR) is 67.2 cm³/mol. The van der Waals surface area contributed by atoms with E-state index in [1.807, 2.05) is 0 Å². The van der Waals surface area contributed by atoms with Crippen LogP contribution in [0.5, 0.6) is 5.75 Å². The van der Waals surface area contributed by atoms with E-state index < -0.39 is 5.97 Å². The van der Waals surface area contributed by atoms with Gasteiger partial charge < -0.3 is 14.8 Å². The lowest BCUT2D eigenvalue weighted by Gasteiger charge is -2.07. The van der Waals surface area contributed by atoms with E-state index in [1.54, 1.807) is 19.1 Å². The molecule has 0 bridgehead atoms. The molecule has 0 spiro atoms. The zero-order chi connectivity index (χ0) is 13.4. The molecule has 0 aliphatic heterocycles. The van der Waals surface area contributed by atoms with Gasteiger partial charge in [-0.2, -0.15) is 0 Å². The first kappa shape index (κ1) is 14.0. The highest BCUT2D eigenvalue weighted by molar-refractivity contribution is 5.81. The van der Waals surface area contributed by atoms with E-state index in [0.717, 1.165) is 0 Å². The Hall–Kier alpha value is -2.04. The van der Waals surface area contributed by atoms with Crippen LogP contribution in [0, 0.1) is 5.82 Å². The fourth-order valence-electron chi connectivity index (χ4n) is 1.28. The number of hydrogen-bond acceptors (Lipinski definition) is 4. The summed E-state index contributed by atoms with van der Waals surface area (Å²) in [7, 11) is 1.51. The molecule has 0 atom stereocenters. The molecule has 1 N–H and O–H groups in total. The molecular weight excluding hydrogens is 237 g/mol. The summed E-state index contributed by atoms with van der Waals surface area (Å²) in [5.74, 6) is -0.223. The van der Waals surface area contributed by atoms with Crippen molar-refractivity contribution in [3.8, 4) is 5.75 Å². The fourth-order valence-corrected chi connectivity index (χ4v) is 1.28. The molecule has 0 heterocycles. The number of anilines is 1. The van der Waals surface area contributed by atoms with Crippen LogP contribution in [0.1, 0.15) is 6.92 Å². The van der Waals surface area contributed by atoms with Crippen LogP contribution < -0.4 is 10.1 Å². The summed E-state index contributed by atoms with van der Waals surface area (Å²) in [6, 6.07) is 4.40. The largest absolute Gasteiger partial charge is 0.497 e. The molecule has 1 aromatic carbocycles. The number of nitrogens with one attached hydrogen (secondary N) is 1. The topological polar surface area (TPSA) is 47.6 Å². The number of rotatable bonds is 6. The van der Waals surface area contributed by atoms with Crippen LogP contribution in [-0.4, -0.2) is 26.2 Å². The molecule has 5 heteroatoms. The Morgan fingerprint density at radius 1 is 1.50 bits per heavy atom. The van der Waals surface area contributed by atoms with Crippen molar-refractivity contribution in [3.05, 3.63) is 36.2 Å². The van der Waals surface area contributed by atoms with Crippen LogP contribution in [0.15, 0.2) is 30.4 Å². The monoisotopic (exact) mass is 253 g/mol. The van der Waals surface area contributed by atoms with E-state index >= 15 is 0 Å². The van der Waals surface area contributed by atoms with E-state index in [1.165, 1.54) is 25.3 Å². The quantitative estimate of drug-likeness (QED) is 0.624. The Kier molecular flexibility index (Phi) is 5.70. The molecule has 1 rings (SSSR count). The Balaban J connectivity index is 2.50. The van der Waals surface area contributed by atoms with Crippen molar-refractivity contribution in [2.45, 2.75) is 6.92 Å². The molecule has 0 aliphatic carbocycles. The lowest BCUT2D eigenvalue weighted by Crippen LogP contribution is -2.03. The summed E-state index contributed by atoms with van der Waals surface area (Å²) >= 11 is 0. The SMILES string of the molecule is CCOC(=O)/C=C/CNc1cc(OC)ccc1F. The van der Waals surface area contributed by atoms with Crippen LogP contribution >= 0.6 is 0 Å². The van der Waals surface area contributed by atoms with Crippen LogP contribution in [0.25, 0.3) is 0 Å². The molecule has 0 amide bonds. The molecule has 0 saturated heterocycles. The zero-order valence-corrected chi connectivity index (χ0v) is 10.4. The van der Waals surface area contributed by atoms with E-state index in [0.29, 0.717) is 24.6 Å². The number of ether oxygens (including phenoxy) is 2. The first-order valence-electron chi connectivity index (χ1n) is 5.58. The maximum Gasteiger partial charge on any atom is 0.330 e. The standard InChI is InChI=1S/C13H16FNO3/c1-3-18-13(16)5-4-8-15-12-9-10(17-2)6-7-11(12)14/h4-7,9,15H,3,8H2,1-2H3/b5-4+. The Morgan fingerprint density at radius 3 is 2.94 bits per heavy atom. The van der Waals surface area contributed by atoms with Gasteiger partial charge in [0.1, 0.15) is 11.6 Å². The summed E-state index contributed by atoms with van der Waals surface area (Å²) in [5.41, 5.74) is 0.322. The van der Waals surface area contributed by atoms with Gasteiger partial charge in [0.15, 0.2) is 0 Å². The van der Waals surface area contributed by atoms with E-state index in [2.05, 4.69) is 5.32 Å². The van der Waals surface area contributed by atoms with Crippen LogP contribution in [-0.2, 0) is 9.53 Å². The van der Waals surface area contributed by atoms with E-state index in [-0.39, 0.29) is 5.82 Å². The van der Waals surface area contributed by atoms with Crippen molar-refractivity contribution in [1.82, 2.24) is 0 Å². The number of carbonyl (C=O) groups excluding carboxylic acids is 1. The molecule has 0 saturated carbocycles. The van der Waals surface area contributed by atoms with Gasteiger partial charge in [-0.1, -0.05) is 6.08 Å². The van der Waals surface area contributed by atoms with Gasteiger partial charge in [-0.15, -0.1) is 0 Å². The minimum absolute atomic E-state index is 0.322. The first-order valence-corrected chi connectivity index (χ1v) is 5.58. The minimum atomic E-state index is -0.412. The molecule has 98 valence electrons. The Bertz CT molecular complexity index is 432. The lowest BCUT2D eigenvalue weighted by atomic mass is 10.3. The maximum atomic E-state index is 13.4. The molecule has 0 unspecified atom stereocenters. The number of halogens is 1. The average Bonchev–Trinajstić information content (AvgIpc) is 2.37. The van der Waals surface area contributed by atoms with E-state index in [9.17, 15) is 9.18 Å². The first-order chi connectivity index (χ1) is 8.67. The van der Waals surface area contributed by atoms with Crippen molar-refractivity contribution in [3.63, 3.8) is 0 Å². The van der Waals surface area contributed by atoms with Crippen molar-refractivity contribution in [1.29, 1.82) is 0 Å². The highest BCUT2D eigenvalue weighted by atomic mass is 19.1. The van der Waals surface area contributed by atoms with Gasteiger partial charge in [0.05, 0.1) is 19.4 Å². The minimum Gasteiger partial charge on any atom is -0.497 e. The molecule has 18 heavy (non-hydrogen) atoms. The smallest absolute Gasteiger partial charge is 0.330 e. The number of methoxy groups -OCH3 is 1. The highest BCUT2D eigenvalue weighted by Gasteiger charge is 2.02.